The second-order valence-corrected chi connectivity index (χ2v) is 6.36. The Morgan fingerprint density at radius 3 is 2.59 bits per heavy atom. The van der Waals surface area contributed by atoms with Gasteiger partial charge in [-0.25, -0.2) is 14.0 Å². The number of amides is 1. The molecule has 1 aromatic heterocycles. The lowest BCUT2D eigenvalue weighted by Crippen LogP contribution is -2.37. The van der Waals surface area contributed by atoms with Gasteiger partial charge in [0.2, 0.25) is 0 Å². The molecule has 1 amide bonds. The third kappa shape index (κ3) is 3.37. The van der Waals surface area contributed by atoms with Gasteiger partial charge in [0.05, 0.1) is 18.3 Å². The van der Waals surface area contributed by atoms with E-state index in [4.69, 9.17) is 9.84 Å². The van der Waals surface area contributed by atoms with Gasteiger partial charge in [-0.3, -0.25) is 9.58 Å². The molecule has 0 aromatic carbocycles. The topological polar surface area (TPSA) is 84.7 Å². The van der Waals surface area contributed by atoms with Crippen molar-refractivity contribution in [2.75, 3.05) is 6.54 Å². The first kappa shape index (κ1) is 16.3. The predicted molar refractivity (Wildman–Crippen MR) is 75.4 cm³/mol. The first-order valence-electron chi connectivity index (χ1n) is 6.99. The van der Waals surface area contributed by atoms with Crippen molar-refractivity contribution in [1.29, 1.82) is 0 Å². The number of nitrogens with zero attached hydrogens (tertiary/aromatic N) is 3. The van der Waals surface area contributed by atoms with Crippen molar-refractivity contribution >= 4 is 12.1 Å². The lowest BCUT2D eigenvalue weighted by molar-refractivity contribution is 0.0213. The van der Waals surface area contributed by atoms with E-state index < -0.39 is 29.9 Å². The number of alkyl halides is 1. The molecule has 2 heterocycles. The Hall–Kier alpha value is -2.12. The minimum absolute atomic E-state index is 0.0125. The molecule has 0 aliphatic carbocycles. The number of hydrogen-bond acceptors (Lipinski definition) is 4. The minimum Gasteiger partial charge on any atom is -0.477 e. The highest BCUT2D eigenvalue weighted by Gasteiger charge is 2.40. The number of aromatic nitrogens is 2. The molecule has 2 rings (SSSR count). The average molecular weight is 313 g/mol. The van der Waals surface area contributed by atoms with Crippen molar-refractivity contribution in [1.82, 2.24) is 14.7 Å². The molecule has 0 unspecified atom stereocenters. The molecule has 2 atom stereocenters. The zero-order valence-corrected chi connectivity index (χ0v) is 13.0. The van der Waals surface area contributed by atoms with Crippen molar-refractivity contribution in [3.05, 3.63) is 17.5 Å². The van der Waals surface area contributed by atoms with E-state index in [0.29, 0.717) is 5.69 Å². The molecule has 122 valence electrons. The van der Waals surface area contributed by atoms with E-state index in [-0.39, 0.29) is 18.7 Å². The SMILES string of the molecule is Cn1nc([C@@H]2C[C@H](F)CN2C(=O)OC(C)(C)C)cc1C(=O)O. The van der Waals surface area contributed by atoms with Gasteiger partial charge in [-0.1, -0.05) is 0 Å². The zero-order valence-electron chi connectivity index (χ0n) is 13.0. The number of carbonyl (C=O) groups excluding carboxylic acids is 1. The van der Waals surface area contributed by atoms with Crippen LogP contribution in [0.3, 0.4) is 0 Å². The first-order chi connectivity index (χ1) is 10.1. The van der Waals surface area contributed by atoms with Crippen molar-refractivity contribution in [2.24, 2.45) is 7.05 Å². The smallest absolute Gasteiger partial charge is 0.410 e. The number of carboxylic acids is 1. The predicted octanol–water partition coefficient (Wildman–Crippen LogP) is 2.14. The van der Waals surface area contributed by atoms with Crippen LogP contribution in [-0.2, 0) is 11.8 Å². The number of carboxylic acid groups (broad SMARTS) is 1. The van der Waals surface area contributed by atoms with Gasteiger partial charge in [0, 0.05) is 13.5 Å². The van der Waals surface area contributed by atoms with Crippen LogP contribution < -0.4 is 0 Å². The molecule has 7 nitrogen and oxygen atoms in total. The maximum absolute atomic E-state index is 13.8. The monoisotopic (exact) mass is 313 g/mol. The fourth-order valence-corrected chi connectivity index (χ4v) is 2.44. The fourth-order valence-electron chi connectivity index (χ4n) is 2.44. The number of ether oxygens (including phenoxy) is 1. The first-order valence-corrected chi connectivity index (χ1v) is 6.99. The maximum Gasteiger partial charge on any atom is 0.410 e. The Morgan fingerprint density at radius 1 is 1.45 bits per heavy atom. The molecule has 8 heteroatoms. The third-order valence-electron chi connectivity index (χ3n) is 3.34. The number of aromatic carboxylic acids is 1. The summed E-state index contributed by atoms with van der Waals surface area (Å²) in [5.41, 5.74) is -0.348. The molecule has 0 radical (unpaired) electrons. The standard InChI is InChI=1S/C14H20FN3O4/c1-14(2,3)22-13(21)18-7-8(15)5-10(18)9-6-11(12(19)20)17(4)16-9/h6,8,10H,5,7H2,1-4H3,(H,19,20)/t8-,10-/m0/s1. The van der Waals surface area contributed by atoms with Gasteiger partial charge in [-0.15, -0.1) is 0 Å². The molecule has 22 heavy (non-hydrogen) atoms. The summed E-state index contributed by atoms with van der Waals surface area (Å²) in [6.45, 7) is 5.10. The normalized spacial score (nSPS) is 22.0. The van der Waals surface area contributed by atoms with Gasteiger partial charge in [-0.05, 0) is 26.8 Å². The van der Waals surface area contributed by atoms with Crippen molar-refractivity contribution in [3.63, 3.8) is 0 Å². The van der Waals surface area contributed by atoms with Crippen LogP contribution in [0.15, 0.2) is 6.07 Å². The Labute approximate surface area is 127 Å². The van der Waals surface area contributed by atoms with Crippen molar-refractivity contribution in [3.8, 4) is 0 Å². The Bertz CT molecular complexity index is 593. The van der Waals surface area contributed by atoms with Crippen LogP contribution in [0.4, 0.5) is 9.18 Å². The summed E-state index contributed by atoms with van der Waals surface area (Å²) < 4.78 is 20.2. The molecule has 0 saturated carbocycles. The summed E-state index contributed by atoms with van der Waals surface area (Å²) in [6.07, 6.45) is -1.73. The Kier molecular flexibility index (Phi) is 4.12. The highest BCUT2D eigenvalue weighted by atomic mass is 19.1. The second-order valence-electron chi connectivity index (χ2n) is 6.36. The molecule has 0 bridgehead atoms. The van der Waals surface area contributed by atoms with Gasteiger partial charge in [0.25, 0.3) is 0 Å². The van der Waals surface area contributed by atoms with Crippen LogP contribution in [0, 0.1) is 0 Å². The lowest BCUT2D eigenvalue weighted by Gasteiger charge is -2.27. The number of carbonyl (C=O) groups is 2. The van der Waals surface area contributed by atoms with E-state index >= 15 is 0 Å². The summed E-state index contributed by atoms with van der Waals surface area (Å²) in [7, 11) is 1.49. The van der Waals surface area contributed by atoms with Gasteiger partial charge in [-0.2, -0.15) is 5.10 Å². The molecular weight excluding hydrogens is 293 g/mol. The minimum atomic E-state index is -1.19. The van der Waals surface area contributed by atoms with E-state index in [1.54, 1.807) is 20.8 Å². The van der Waals surface area contributed by atoms with Crippen LogP contribution in [0.25, 0.3) is 0 Å². The van der Waals surface area contributed by atoms with Gasteiger partial charge in [0.15, 0.2) is 0 Å². The molecule has 1 saturated heterocycles. The van der Waals surface area contributed by atoms with E-state index in [2.05, 4.69) is 5.10 Å². The molecular formula is C14H20FN3O4. The molecule has 1 aliphatic rings. The Morgan fingerprint density at radius 2 is 2.09 bits per heavy atom. The largest absolute Gasteiger partial charge is 0.477 e. The molecule has 1 N–H and O–H groups in total. The van der Waals surface area contributed by atoms with Crippen molar-refractivity contribution < 1.29 is 23.8 Å². The van der Waals surface area contributed by atoms with Crippen molar-refractivity contribution in [2.45, 2.75) is 45.0 Å². The van der Waals surface area contributed by atoms with Gasteiger partial charge < -0.3 is 9.84 Å². The van der Waals surface area contributed by atoms with Gasteiger partial charge >= 0.3 is 12.1 Å². The average Bonchev–Trinajstić information content (AvgIpc) is 2.90. The maximum atomic E-state index is 13.8. The summed E-state index contributed by atoms with van der Waals surface area (Å²) in [5.74, 6) is -1.13. The molecule has 1 aliphatic heterocycles. The number of rotatable bonds is 2. The van der Waals surface area contributed by atoms with Crippen LogP contribution in [0.5, 0.6) is 0 Å². The molecule has 1 fully saturated rings. The van der Waals surface area contributed by atoms with Gasteiger partial charge in [0.1, 0.15) is 17.5 Å². The number of halogens is 1. The van der Waals surface area contributed by atoms with E-state index in [9.17, 15) is 14.0 Å². The van der Waals surface area contributed by atoms with Crippen LogP contribution >= 0.6 is 0 Å². The Balaban J connectivity index is 2.26. The highest BCUT2D eigenvalue weighted by Crippen LogP contribution is 2.34. The van der Waals surface area contributed by atoms with E-state index in [1.807, 2.05) is 0 Å². The van der Waals surface area contributed by atoms with Crippen LogP contribution in [0.1, 0.15) is 49.4 Å². The van der Waals surface area contributed by atoms with E-state index in [1.165, 1.54) is 22.7 Å². The second kappa shape index (κ2) is 5.58. The number of likely N-dealkylation sites (tertiary alicyclic amines) is 1. The summed E-state index contributed by atoms with van der Waals surface area (Å²) in [5, 5.41) is 13.2. The summed E-state index contributed by atoms with van der Waals surface area (Å²) in [4.78, 5) is 24.5. The van der Waals surface area contributed by atoms with Crippen LogP contribution in [0.2, 0.25) is 0 Å². The lowest BCUT2D eigenvalue weighted by atomic mass is 10.1. The quantitative estimate of drug-likeness (QED) is 0.904. The summed E-state index contributed by atoms with van der Waals surface area (Å²) >= 11 is 0. The molecule has 0 spiro atoms. The zero-order chi connectivity index (χ0) is 16.7. The fraction of sp³-hybridized carbons (Fsp3) is 0.643. The number of aryl methyl sites for hydroxylation is 1. The molecule has 1 aromatic rings. The van der Waals surface area contributed by atoms with Crippen LogP contribution in [-0.4, -0.2) is 50.2 Å². The third-order valence-corrected chi connectivity index (χ3v) is 3.34. The van der Waals surface area contributed by atoms with E-state index in [0.717, 1.165) is 0 Å². The summed E-state index contributed by atoms with van der Waals surface area (Å²) in [6, 6.07) is 0.742. The number of hydrogen-bond donors (Lipinski definition) is 1. The highest BCUT2D eigenvalue weighted by molar-refractivity contribution is 5.85.